The molecule has 16 heavy (non-hydrogen) atoms. The first kappa shape index (κ1) is 14.7. The zero-order valence-corrected chi connectivity index (χ0v) is 10.2. The van der Waals surface area contributed by atoms with E-state index < -0.39 is 23.7 Å². The number of hydrogen-bond donors (Lipinski definition) is 2. The number of hydrogen-bond acceptors (Lipinski definition) is 5. The van der Waals surface area contributed by atoms with Crippen LogP contribution in [0.25, 0.3) is 0 Å². The SMILES string of the molecule is COC(=O)C(N)CCNC(=O)OC(C)(C)C. The fourth-order valence-corrected chi connectivity index (χ4v) is 0.913. The van der Waals surface area contributed by atoms with Crippen LogP contribution < -0.4 is 11.1 Å². The van der Waals surface area contributed by atoms with Gasteiger partial charge in [0.25, 0.3) is 0 Å². The van der Waals surface area contributed by atoms with E-state index in [4.69, 9.17) is 10.5 Å². The molecule has 1 amide bonds. The fourth-order valence-electron chi connectivity index (χ4n) is 0.913. The van der Waals surface area contributed by atoms with E-state index in [0.717, 1.165) is 0 Å². The number of carbonyl (C=O) groups excluding carboxylic acids is 2. The Kier molecular flexibility index (Phi) is 5.81. The molecule has 0 aromatic heterocycles. The van der Waals surface area contributed by atoms with E-state index in [-0.39, 0.29) is 6.54 Å². The highest BCUT2D eigenvalue weighted by atomic mass is 16.6. The van der Waals surface area contributed by atoms with Gasteiger partial charge in [0.15, 0.2) is 0 Å². The van der Waals surface area contributed by atoms with E-state index in [0.29, 0.717) is 6.42 Å². The number of carbonyl (C=O) groups is 2. The second-order valence-corrected chi connectivity index (χ2v) is 4.35. The van der Waals surface area contributed by atoms with Crippen molar-refractivity contribution in [2.24, 2.45) is 5.73 Å². The van der Waals surface area contributed by atoms with Gasteiger partial charge in [-0.15, -0.1) is 0 Å². The summed E-state index contributed by atoms with van der Waals surface area (Å²) < 4.78 is 9.44. The van der Waals surface area contributed by atoms with Crippen molar-refractivity contribution in [2.45, 2.75) is 38.8 Å². The Morgan fingerprint density at radius 3 is 2.38 bits per heavy atom. The lowest BCUT2D eigenvalue weighted by Gasteiger charge is -2.19. The summed E-state index contributed by atoms with van der Waals surface area (Å²) in [7, 11) is 1.27. The molecule has 0 saturated carbocycles. The number of nitrogens with one attached hydrogen (secondary N) is 1. The zero-order valence-electron chi connectivity index (χ0n) is 10.2. The number of alkyl carbamates (subject to hydrolysis) is 1. The first-order chi connectivity index (χ1) is 7.26. The molecule has 3 N–H and O–H groups in total. The Morgan fingerprint density at radius 2 is 1.94 bits per heavy atom. The smallest absolute Gasteiger partial charge is 0.407 e. The Labute approximate surface area is 95.5 Å². The molecule has 0 bridgehead atoms. The van der Waals surface area contributed by atoms with Gasteiger partial charge in [-0.25, -0.2) is 4.79 Å². The lowest BCUT2D eigenvalue weighted by molar-refractivity contribution is -0.142. The van der Waals surface area contributed by atoms with Gasteiger partial charge in [-0.1, -0.05) is 0 Å². The molecule has 6 nitrogen and oxygen atoms in total. The van der Waals surface area contributed by atoms with E-state index in [1.807, 2.05) is 0 Å². The minimum atomic E-state index is -0.722. The first-order valence-corrected chi connectivity index (χ1v) is 5.06. The van der Waals surface area contributed by atoms with Crippen molar-refractivity contribution in [3.8, 4) is 0 Å². The van der Waals surface area contributed by atoms with Gasteiger partial charge in [-0.05, 0) is 27.2 Å². The second-order valence-electron chi connectivity index (χ2n) is 4.35. The lowest BCUT2D eigenvalue weighted by Crippen LogP contribution is -2.38. The largest absolute Gasteiger partial charge is 0.468 e. The third-order valence-corrected chi connectivity index (χ3v) is 1.63. The summed E-state index contributed by atoms with van der Waals surface area (Å²) in [6, 6.07) is -0.722. The van der Waals surface area contributed by atoms with Crippen molar-refractivity contribution < 1.29 is 19.1 Å². The van der Waals surface area contributed by atoms with Gasteiger partial charge in [0, 0.05) is 6.54 Å². The Balaban J connectivity index is 3.74. The van der Waals surface area contributed by atoms with Crippen molar-refractivity contribution in [3.63, 3.8) is 0 Å². The number of esters is 1. The van der Waals surface area contributed by atoms with Crippen LogP contribution in [0.3, 0.4) is 0 Å². The van der Waals surface area contributed by atoms with Crippen molar-refractivity contribution in [1.29, 1.82) is 0 Å². The molecule has 1 atom stereocenters. The molecule has 0 aliphatic heterocycles. The van der Waals surface area contributed by atoms with Crippen molar-refractivity contribution in [3.05, 3.63) is 0 Å². The highest BCUT2D eigenvalue weighted by Crippen LogP contribution is 2.06. The molecule has 0 aromatic carbocycles. The maximum atomic E-state index is 11.2. The van der Waals surface area contributed by atoms with Crippen LogP contribution in [0, 0.1) is 0 Å². The summed E-state index contributed by atoms with van der Waals surface area (Å²) >= 11 is 0. The molecule has 94 valence electrons. The second kappa shape index (κ2) is 6.32. The predicted octanol–water partition coefficient (Wildman–Crippen LogP) is 0.401. The van der Waals surface area contributed by atoms with Gasteiger partial charge in [0.05, 0.1) is 7.11 Å². The minimum absolute atomic E-state index is 0.269. The summed E-state index contributed by atoms with van der Waals surface area (Å²) in [5.74, 6) is -0.494. The molecule has 0 spiro atoms. The van der Waals surface area contributed by atoms with Crippen LogP contribution >= 0.6 is 0 Å². The quantitative estimate of drug-likeness (QED) is 0.685. The van der Waals surface area contributed by atoms with Crippen LogP contribution in [-0.2, 0) is 14.3 Å². The molecule has 0 aliphatic carbocycles. The molecule has 6 heteroatoms. The highest BCUT2D eigenvalue weighted by Gasteiger charge is 2.17. The molecule has 0 radical (unpaired) electrons. The Morgan fingerprint density at radius 1 is 1.38 bits per heavy atom. The van der Waals surface area contributed by atoms with Crippen molar-refractivity contribution in [1.82, 2.24) is 5.32 Å². The molecule has 0 aliphatic rings. The van der Waals surface area contributed by atoms with Crippen molar-refractivity contribution >= 4 is 12.1 Å². The Hall–Kier alpha value is -1.30. The van der Waals surface area contributed by atoms with Gasteiger partial charge < -0.3 is 20.5 Å². The Bertz CT molecular complexity index is 248. The molecule has 0 heterocycles. The molecule has 0 saturated heterocycles. The van der Waals surface area contributed by atoms with Gasteiger partial charge in [0.1, 0.15) is 11.6 Å². The lowest BCUT2D eigenvalue weighted by atomic mass is 10.2. The number of methoxy groups -OCH3 is 1. The maximum Gasteiger partial charge on any atom is 0.407 e. The first-order valence-electron chi connectivity index (χ1n) is 5.06. The summed E-state index contributed by atoms with van der Waals surface area (Å²) in [6.07, 6.45) is -0.212. The van der Waals surface area contributed by atoms with Gasteiger partial charge in [-0.3, -0.25) is 4.79 Å². The summed E-state index contributed by atoms with van der Waals surface area (Å²) in [4.78, 5) is 22.1. The third kappa shape index (κ3) is 7.05. The highest BCUT2D eigenvalue weighted by molar-refractivity contribution is 5.75. The number of nitrogens with two attached hydrogens (primary N) is 1. The van der Waals surface area contributed by atoms with Gasteiger partial charge >= 0.3 is 12.1 Å². The normalized spacial score (nSPS) is 12.8. The van der Waals surface area contributed by atoms with Crippen LogP contribution in [-0.4, -0.2) is 37.4 Å². The third-order valence-electron chi connectivity index (χ3n) is 1.63. The van der Waals surface area contributed by atoms with E-state index in [1.54, 1.807) is 20.8 Å². The van der Waals surface area contributed by atoms with Crippen LogP contribution in [0.2, 0.25) is 0 Å². The van der Waals surface area contributed by atoms with E-state index in [9.17, 15) is 9.59 Å². The van der Waals surface area contributed by atoms with Crippen LogP contribution in [0.15, 0.2) is 0 Å². The standard InChI is InChI=1S/C10H20N2O4/c1-10(2,3)16-9(14)12-6-5-7(11)8(13)15-4/h7H,5-6,11H2,1-4H3,(H,12,14). The fraction of sp³-hybridized carbons (Fsp3) is 0.800. The molecule has 0 aromatic rings. The molecule has 1 unspecified atom stereocenters. The average molecular weight is 232 g/mol. The van der Waals surface area contributed by atoms with Crippen LogP contribution in [0.4, 0.5) is 4.79 Å². The summed E-state index contributed by atoms with van der Waals surface area (Å²) in [6.45, 7) is 5.58. The van der Waals surface area contributed by atoms with Crippen LogP contribution in [0.5, 0.6) is 0 Å². The topological polar surface area (TPSA) is 90.6 Å². The summed E-state index contributed by atoms with van der Waals surface area (Å²) in [5, 5.41) is 2.50. The van der Waals surface area contributed by atoms with E-state index in [1.165, 1.54) is 7.11 Å². The van der Waals surface area contributed by atoms with Crippen LogP contribution in [0.1, 0.15) is 27.2 Å². The number of rotatable bonds is 4. The monoisotopic (exact) mass is 232 g/mol. The molecule has 0 rings (SSSR count). The molecular weight excluding hydrogens is 212 g/mol. The van der Waals surface area contributed by atoms with Gasteiger partial charge in [-0.2, -0.15) is 0 Å². The maximum absolute atomic E-state index is 11.2. The average Bonchev–Trinajstić information content (AvgIpc) is 2.13. The molecular formula is C10H20N2O4. The number of ether oxygens (including phenoxy) is 2. The zero-order chi connectivity index (χ0) is 12.8. The predicted molar refractivity (Wildman–Crippen MR) is 58.8 cm³/mol. The van der Waals surface area contributed by atoms with E-state index >= 15 is 0 Å². The summed E-state index contributed by atoms with van der Waals surface area (Å²) in [5.41, 5.74) is 4.94. The van der Waals surface area contributed by atoms with Crippen molar-refractivity contribution in [2.75, 3.05) is 13.7 Å². The van der Waals surface area contributed by atoms with E-state index in [2.05, 4.69) is 10.1 Å². The number of amides is 1. The van der Waals surface area contributed by atoms with Gasteiger partial charge in [0.2, 0.25) is 0 Å². The minimum Gasteiger partial charge on any atom is -0.468 e. The molecule has 0 fully saturated rings.